The van der Waals surface area contributed by atoms with Gasteiger partial charge in [-0.1, -0.05) is 22.0 Å². The van der Waals surface area contributed by atoms with Gasteiger partial charge in [0.15, 0.2) is 6.10 Å². The van der Waals surface area contributed by atoms with Gasteiger partial charge in [0.2, 0.25) is 0 Å². The summed E-state index contributed by atoms with van der Waals surface area (Å²) in [6, 6.07) is 3.76. The van der Waals surface area contributed by atoms with Crippen LogP contribution in [0.5, 0.6) is 5.75 Å². The molecule has 0 radical (unpaired) electrons. The Kier molecular flexibility index (Phi) is 3.06. The van der Waals surface area contributed by atoms with Crippen molar-refractivity contribution < 1.29 is 23.4 Å². The van der Waals surface area contributed by atoms with Gasteiger partial charge in [0, 0.05) is 10.0 Å². The Morgan fingerprint density at radius 1 is 1.29 bits per heavy atom. The number of rotatable bonds is 1. The summed E-state index contributed by atoms with van der Waals surface area (Å²) in [6.07, 6.45) is -7.47. The second-order valence-electron chi connectivity index (χ2n) is 2.62. The van der Waals surface area contributed by atoms with Crippen molar-refractivity contribution in [1.29, 1.82) is 0 Å². The van der Waals surface area contributed by atoms with E-state index in [0.29, 0.717) is 0 Å². The van der Waals surface area contributed by atoms with Gasteiger partial charge in [0.05, 0.1) is 0 Å². The average Bonchev–Trinajstić information content (AvgIpc) is 2.01. The Hall–Kier alpha value is -0.750. The van der Waals surface area contributed by atoms with E-state index < -0.39 is 23.6 Å². The Balaban J connectivity index is 3.19. The molecule has 0 fully saturated rings. The number of hydrogen-bond acceptors (Lipinski definition) is 2. The van der Waals surface area contributed by atoms with Crippen LogP contribution in [0.25, 0.3) is 0 Å². The molecule has 0 heterocycles. The van der Waals surface area contributed by atoms with Gasteiger partial charge >= 0.3 is 6.18 Å². The summed E-state index contributed by atoms with van der Waals surface area (Å²) in [5, 5.41) is 18.0. The molecule has 78 valence electrons. The van der Waals surface area contributed by atoms with Gasteiger partial charge in [0.25, 0.3) is 0 Å². The van der Waals surface area contributed by atoms with Crippen LogP contribution in [-0.2, 0) is 0 Å². The van der Waals surface area contributed by atoms with Crippen LogP contribution in [0.4, 0.5) is 13.2 Å². The molecule has 2 nitrogen and oxygen atoms in total. The first kappa shape index (κ1) is 11.3. The van der Waals surface area contributed by atoms with Crippen LogP contribution >= 0.6 is 15.9 Å². The van der Waals surface area contributed by atoms with Crippen LogP contribution < -0.4 is 0 Å². The molecule has 6 heteroatoms. The Morgan fingerprint density at radius 3 is 2.29 bits per heavy atom. The van der Waals surface area contributed by atoms with Crippen LogP contribution in [0, 0.1) is 0 Å². The van der Waals surface area contributed by atoms with Crippen molar-refractivity contribution in [2.24, 2.45) is 0 Å². The minimum Gasteiger partial charge on any atom is -0.508 e. The third kappa shape index (κ3) is 2.19. The maximum absolute atomic E-state index is 12.1. The Labute approximate surface area is 86.1 Å². The number of aromatic hydroxyl groups is 1. The lowest BCUT2D eigenvalue weighted by Crippen LogP contribution is -2.20. The van der Waals surface area contributed by atoms with Crippen LogP contribution in [0.1, 0.15) is 11.7 Å². The predicted octanol–water partition coefficient (Wildman–Crippen LogP) is 2.75. The smallest absolute Gasteiger partial charge is 0.418 e. The molecule has 1 rings (SSSR count). The second-order valence-corrected chi connectivity index (χ2v) is 3.47. The molecule has 0 amide bonds. The zero-order valence-electron chi connectivity index (χ0n) is 6.72. The van der Waals surface area contributed by atoms with E-state index in [1.54, 1.807) is 0 Å². The number of phenols is 1. The largest absolute Gasteiger partial charge is 0.508 e. The van der Waals surface area contributed by atoms with Crippen LogP contribution in [0.15, 0.2) is 22.7 Å². The van der Waals surface area contributed by atoms with Crippen molar-refractivity contribution in [3.05, 3.63) is 28.2 Å². The first-order valence-corrected chi connectivity index (χ1v) is 4.35. The first-order chi connectivity index (χ1) is 6.34. The Morgan fingerprint density at radius 2 is 1.86 bits per heavy atom. The van der Waals surface area contributed by atoms with E-state index in [-0.39, 0.29) is 4.47 Å². The summed E-state index contributed by atoms with van der Waals surface area (Å²) in [7, 11) is 0. The van der Waals surface area contributed by atoms with Crippen molar-refractivity contribution in [2.45, 2.75) is 12.3 Å². The molecule has 0 aliphatic carbocycles. The highest BCUT2D eigenvalue weighted by molar-refractivity contribution is 9.10. The summed E-state index contributed by atoms with van der Waals surface area (Å²) in [5.41, 5.74) is -0.569. The third-order valence-electron chi connectivity index (χ3n) is 1.61. The quantitative estimate of drug-likeness (QED) is 0.824. The normalized spacial score (nSPS) is 14.1. The number of benzene rings is 1. The molecular weight excluding hydrogens is 265 g/mol. The molecule has 0 aliphatic heterocycles. The number of halogens is 4. The number of phenolic OH excluding ortho intramolecular Hbond substituents is 1. The Bertz CT molecular complexity index is 318. The fourth-order valence-corrected chi connectivity index (χ4v) is 1.53. The summed E-state index contributed by atoms with van der Waals surface area (Å²) in [5.74, 6) is -0.593. The van der Waals surface area contributed by atoms with E-state index in [4.69, 9.17) is 10.2 Å². The van der Waals surface area contributed by atoms with E-state index >= 15 is 0 Å². The summed E-state index contributed by atoms with van der Waals surface area (Å²) in [4.78, 5) is 0. The maximum Gasteiger partial charge on any atom is 0.418 e. The molecule has 1 atom stereocenters. The minimum absolute atomic E-state index is 0.0160. The number of hydrogen-bond donors (Lipinski definition) is 2. The standard InChI is InChI=1S/C8H6BrF3O2/c9-4-2-1-3-5(13)6(4)7(14)8(10,11)12/h1-3,7,13-14H/t7-/m0/s1. The molecule has 0 aliphatic rings. The number of alkyl halides is 3. The van der Waals surface area contributed by atoms with Crippen LogP contribution in [0.2, 0.25) is 0 Å². The number of aliphatic hydroxyl groups is 1. The van der Waals surface area contributed by atoms with Crippen LogP contribution in [-0.4, -0.2) is 16.4 Å². The first-order valence-electron chi connectivity index (χ1n) is 3.56. The van der Waals surface area contributed by atoms with Crippen molar-refractivity contribution in [3.8, 4) is 5.75 Å². The van der Waals surface area contributed by atoms with E-state index in [1.807, 2.05) is 0 Å². The molecule has 0 saturated carbocycles. The molecular formula is C8H6BrF3O2. The van der Waals surface area contributed by atoms with Crippen molar-refractivity contribution in [1.82, 2.24) is 0 Å². The predicted molar refractivity (Wildman–Crippen MR) is 46.8 cm³/mol. The second kappa shape index (κ2) is 3.78. The van der Waals surface area contributed by atoms with Gasteiger partial charge < -0.3 is 10.2 Å². The molecule has 1 aromatic carbocycles. The summed E-state index contributed by atoms with van der Waals surface area (Å²) >= 11 is 2.82. The molecule has 0 bridgehead atoms. The van der Waals surface area contributed by atoms with Crippen LogP contribution in [0.3, 0.4) is 0 Å². The monoisotopic (exact) mass is 270 g/mol. The zero-order chi connectivity index (χ0) is 10.9. The van der Waals surface area contributed by atoms with E-state index in [0.717, 1.165) is 6.07 Å². The highest BCUT2D eigenvalue weighted by Gasteiger charge is 2.41. The van der Waals surface area contributed by atoms with Gasteiger partial charge in [-0.15, -0.1) is 0 Å². The molecule has 2 N–H and O–H groups in total. The topological polar surface area (TPSA) is 40.5 Å². The fraction of sp³-hybridized carbons (Fsp3) is 0.250. The lowest BCUT2D eigenvalue weighted by molar-refractivity contribution is -0.207. The van der Waals surface area contributed by atoms with Crippen molar-refractivity contribution in [3.63, 3.8) is 0 Å². The number of aliphatic hydroxyl groups excluding tert-OH is 1. The van der Waals surface area contributed by atoms with Gasteiger partial charge in [0.1, 0.15) is 5.75 Å². The fourth-order valence-electron chi connectivity index (χ4n) is 0.960. The molecule has 0 aromatic heterocycles. The average molecular weight is 271 g/mol. The third-order valence-corrected chi connectivity index (χ3v) is 2.30. The lowest BCUT2D eigenvalue weighted by atomic mass is 10.1. The highest BCUT2D eigenvalue weighted by Crippen LogP contribution is 2.40. The molecule has 1 aromatic rings. The summed E-state index contributed by atoms with van der Waals surface area (Å²) < 4.78 is 36.4. The van der Waals surface area contributed by atoms with Crippen molar-refractivity contribution >= 4 is 15.9 Å². The van der Waals surface area contributed by atoms with E-state index in [2.05, 4.69) is 15.9 Å². The molecule has 0 saturated heterocycles. The summed E-state index contributed by atoms with van der Waals surface area (Å²) in [6.45, 7) is 0. The van der Waals surface area contributed by atoms with Gasteiger partial charge in [-0.25, -0.2) is 0 Å². The lowest BCUT2D eigenvalue weighted by Gasteiger charge is -2.17. The molecule has 14 heavy (non-hydrogen) atoms. The van der Waals surface area contributed by atoms with E-state index in [9.17, 15) is 13.2 Å². The van der Waals surface area contributed by atoms with Gasteiger partial charge in [-0.3, -0.25) is 0 Å². The SMILES string of the molecule is Oc1cccc(Br)c1[C@H](O)C(F)(F)F. The highest BCUT2D eigenvalue weighted by atomic mass is 79.9. The van der Waals surface area contributed by atoms with Gasteiger partial charge in [-0.05, 0) is 12.1 Å². The molecule has 0 spiro atoms. The van der Waals surface area contributed by atoms with Gasteiger partial charge in [-0.2, -0.15) is 13.2 Å². The van der Waals surface area contributed by atoms with E-state index in [1.165, 1.54) is 12.1 Å². The molecule has 0 unspecified atom stereocenters. The minimum atomic E-state index is -4.79. The zero-order valence-corrected chi connectivity index (χ0v) is 8.30. The maximum atomic E-state index is 12.1. The van der Waals surface area contributed by atoms with Crippen molar-refractivity contribution in [2.75, 3.05) is 0 Å².